The fourth-order valence-electron chi connectivity index (χ4n) is 2.70. The van der Waals surface area contributed by atoms with E-state index in [9.17, 15) is 4.79 Å². The van der Waals surface area contributed by atoms with Gasteiger partial charge in [-0.3, -0.25) is 4.79 Å². The first kappa shape index (κ1) is 16.5. The molecule has 3 aromatic rings. The van der Waals surface area contributed by atoms with Crippen molar-refractivity contribution < 1.29 is 4.79 Å². The van der Waals surface area contributed by atoms with Crippen LogP contribution in [0.5, 0.6) is 0 Å². The second-order valence-electron chi connectivity index (χ2n) is 6.15. The van der Waals surface area contributed by atoms with Gasteiger partial charge in [0.1, 0.15) is 0 Å². The molecule has 3 rings (SSSR count). The highest BCUT2D eigenvalue weighted by Gasteiger charge is 2.18. The SMILES string of the molecule is Cc1ccc(C(=O)N(Cc2cccs2)Cc2cccn2C)cc1C. The minimum absolute atomic E-state index is 0.0766. The first-order chi connectivity index (χ1) is 11.5. The summed E-state index contributed by atoms with van der Waals surface area (Å²) in [6.45, 7) is 5.35. The van der Waals surface area contributed by atoms with Gasteiger partial charge in [-0.15, -0.1) is 11.3 Å². The van der Waals surface area contributed by atoms with E-state index in [1.54, 1.807) is 11.3 Å². The molecule has 0 aliphatic rings. The number of rotatable bonds is 5. The van der Waals surface area contributed by atoms with Gasteiger partial charge in [-0.25, -0.2) is 0 Å². The zero-order valence-electron chi connectivity index (χ0n) is 14.3. The van der Waals surface area contributed by atoms with Crippen LogP contribution in [0.3, 0.4) is 0 Å². The fraction of sp³-hybridized carbons (Fsp3) is 0.250. The van der Waals surface area contributed by atoms with Crippen LogP contribution in [-0.4, -0.2) is 15.4 Å². The maximum absolute atomic E-state index is 13.1. The minimum Gasteiger partial charge on any atom is -0.353 e. The Morgan fingerprint density at radius 1 is 1.08 bits per heavy atom. The minimum atomic E-state index is 0.0766. The first-order valence-corrected chi connectivity index (χ1v) is 8.91. The quantitative estimate of drug-likeness (QED) is 0.670. The Morgan fingerprint density at radius 2 is 1.92 bits per heavy atom. The summed E-state index contributed by atoms with van der Waals surface area (Å²) in [5.74, 6) is 0.0766. The largest absolute Gasteiger partial charge is 0.353 e. The van der Waals surface area contributed by atoms with Crippen molar-refractivity contribution in [2.45, 2.75) is 26.9 Å². The molecular weight excluding hydrogens is 316 g/mol. The van der Waals surface area contributed by atoms with Crippen LogP contribution in [0.4, 0.5) is 0 Å². The van der Waals surface area contributed by atoms with Crippen LogP contribution in [0.2, 0.25) is 0 Å². The Labute approximate surface area is 147 Å². The standard InChI is InChI=1S/C20H22N2OS/c1-15-8-9-17(12-16(15)2)20(23)22(14-19-7-5-11-24-19)13-18-6-4-10-21(18)3/h4-12H,13-14H2,1-3H3. The highest BCUT2D eigenvalue weighted by molar-refractivity contribution is 7.09. The second kappa shape index (κ2) is 7.05. The van der Waals surface area contributed by atoms with Crippen molar-refractivity contribution in [3.63, 3.8) is 0 Å². The summed E-state index contributed by atoms with van der Waals surface area (Å²) in [5.41, 5.74) is 4.24. The molecule has 0 N–H and O–H groups in total. The van der Waals surface area contributed by atoms with Gasteiger partial charge in [-0.1, -0.05) is 12.1 Å². The predicted molar refractivity (Wildman–Crippen MR) is 99.2 cm³/mol. The molecule has 0 unspecified atom stereocenters. The number of nitrogens with zero attached hydrogens (tertiary/aromatic N) is 2. The number of hydrogen-bond acceptors (Lipinski definition) is 2. The number of carbonyl (C=O) groups is 1. The highest BCUT2D eigenvalue weighted by atomic mass is 32.1. The third-order valence-corrected chi connectivity index (χ3v) is 5.23. The van der Waals surface area contributed by atoms with E-state index >= 15 is 0 Å². The van der Waals surface area contributed by atoms with Gasteiger partial charge in [0.15, 0.2) is 0 Å². The van der Waals surface area contributed by atoms with Crippen LogP contribution in [0, 0.1) is 13.8 Å². The first-order valence-electron chi connectivity index (χ1n) is 8.03. The number of aromatic nitrogens is 1. The van der Waals surface area contributed by atoms with E-state index in [4.69, 9.17) is 0 Å². The normalized spacial score (nSPS) is 10.8. The Morgan fingerprint density at radius 3 is 2.54 bits per heavy atom. The Balaban J connectivity index is 1.89. The highest BCUT2D eigenvalue weighted by Crippen LogP contribution is 2.19. The Bertz CT molecular complexity index is 833. The average Bonchev–Trinajstić information content (AvgIpc) is 3.21. The van der Waals surface area contributed by atoms with E-state index in [2.05, 4.69) is 29.0 Å². The van der Waals surface area contributed by atoms with E-state index in [1.807, 2.05) is 55.4 Å². The zero-order valence-corrected chi connectivity index (χ0v) is 15.1. The Kier molecular flexibility index (Phi) is 4.86. The van der Waals surface area contributed by atoms with Crippen molar-refractivity contribution >= 4 is 17.2 Å². The lowest BCUT2D eigenvalue weighted by atomic mass is 10.1. The molecular formula is C20H22N2OS. The lowest BCUT2D eigenvalue weighted by Gasteiger charge is -2.23. The van der Waals surface area contributed by atoms with Crippen LogP contribution < -0.4 is 0 Å². The molecule has 0 spiro atoms. The molecule has 4 heteroatoms. The van der Waals surface area contributed by atoms with E-state index in [0.717, 1.165) is 16.8 Å². The van der Waals surface area contributed by atoms with Crippen molar-refractivity contribution in [2.24, 2.45) is 7.05 Å². The fourth-order valence-corrected chi connectivity index (χ4v) is 3.42. The van der Waals surface area contributed by atoms with Crippen molar-refractivity contribution in [3.05, 3.63) is 81.3 Å². The van der Waals surface area contributed by atoms with E-state index < -0.39 is 0 Å². The molecule has 0 radical (unpaired) electrons. The molecule has 0 atom stereocenters. The van der Waals surface area contributed by atoms with Gasteiger partial charge in [0.25, 0.3) is 5.91 Å². The molecule has 2 aromatic heterocycles. The number of thiophene rings is 1. The topological polar surface area (TPSA) is 25.2 Å². The molecule has 1 aromatic carbocycles. The van der Waals surface area contributed by atoms with E-state index in [0.29, 0.717) is 13.1 Å². The summed E-state index contributed by atoms with van der Waals surface area (Å²) < 4.78 is 2.06. The molecule has 0 bridgehead atoms. The summed E-state index contributed by atoms with van der Waals surface area (Å²) in [5, 5.41) is 2.05. The van der Waals surface area contributed by atoms with E-state index in [1.165, 1.54) is 10.4 Å². The van der Waals surface area contributed by atoms with Crippen molar-refractivity contribution in [1.29, 1.82) is 0 Å². The smallest absolute Gasteiger partial charge is 0.254 e. The molecule has 124 valence electrons. The number of aryl methyl sites for hydroxylation is 3. The lowest BCUT2D eigenvalue weighted by molar-refractivity contribution is 0.0728. The van der Waals surface area contributed by atoms with Gasteiger partial charge in [0.2, 0.25) is 0 Å². The molecule has 24 heavy (non-hydrogen) atoms. The molecule has 1 amide bonds. The third-order valence-electron chi connectivity index (χ3n) is 4.37. The van der Waals surface area contributed by atoms with Gasteiger partial charge in [0, 0.05) is 29.4 Å². The van der Waals surface area contributed by atoms with Crippen LogP contribution in [-0.2, 0) is 20.1 Å². The van der Waals surface area contributed by atoms with Gasteiger partial charge in [-0.05, 0) is 60.7 Å². The maximum Gasteiger partial charge on any atom is 0.254 e. The van der Waals surface area contributed by atoms with E-state index in [-0.39, 0.29) is 5.91 Å². The third kappa shape index (κ3) is 3.60. The molecule has 0 aliphatic heterocycles. The molecule has 0 saturated heterocycles. The zero-order chi connectivity index (χ0) is 17.1. The van der Waals surface area contributed by atoms with Gasteiger partial charge >= 0.3 is 0 Å². The van der Waals surface area contributed by atoms with Crippen LogP contribution in [0.1, 0.15) is 32.1 Å². The van der Waals surface area contributed by atoms with Gasteiger partial charge in [-0.2, -0.15) is 0 Å². The number of hydrogen-bond donors (Lipinski definition) is 0. The average molecular weight is 338 g/mol. The maximum atomic E-state index is 13.1. The van der Waals surface area contributed by atoms with Crippen LogP contribution in [0.25, 0.3) is 0 Å². The monoisotopic (exact) mass is 338 g/mol. The molecule has 0 aliphatic carbocycles. The van der Waals surface area contributed by atoms with Crippen molar-refractivity contribution in [2.75, 3.05) is 0 Å². The van der Waals surface area contributed by atoms with Crippen LogP contribution >= 0.6 is 11.3 Å². The van der Waals surface area contributed by atoms with Gasteiger partial charge < -0.3 is 9.47 Å². The molecule has 3 nitrogen and oxygen atoms in total. The summed E-state index contributed by atoms with van der Waals surface area (Å²) >= 11 is 1.69. The van der Waals surface area contributed by atoms with Crippen molar-refractivity contribution in [1.82, 2.24) is 9.47 Å². The number of benzene rings is 1. The number of carbonyl (C=O) groups excluding carboxylic acids is 1. The van der Waals surface area contributed by atoms with Crippen LogP contribution in [0.15, 0.2) is 54.0 Å². The summed E-state index contributed by atoms with van der Waals surface area (Å²) in [7, 11) is 2.01. The summed E-state index contributed by atoms with van der Waals surface area (Å²) in [4.78, 5) is 16.2. The summed E-state index contributed by atoms with van der Waals surface area (Å²) in [6.07, 6.45) is 2.01. The molecule has 0 fully saturated rings. The Hall–Kier alpha value is -2.33. The molecule has 2 heterocycles. The van der Waals surface area contributed by atoms with Gasteiger partial charge in [0.05, 0.1) is 13.1 Å². The summed E-state index contributed by atoms with van der Waals surface area (Å²) in [6, 6.07) is 14.1. The predicted octanol–water partition coefficient (Wildman–Crippen LogP) is 4.55. The molecule has 0 saturated carbocycles. The second-order valence-corrected chi connectivity index (χ2v) is 7.18. The number of amides is 1. The lowest BCUT2D eigenvalue weighted by Crippen LogP contribution is -2.30. The van der Waals surface area contributed by atoms with Crippen molar-refractivity contribution in [3.8, 4) is 0 Å².